The van der Waals surface area contributed by atoms with Crippen molar-refractivity contribution in [3.8, 4) is 5.75 Å². The van der Waals surface area contributed by atoms with Crippen LogP contribution in [0.3, 0.4) is 0 Å². The van der Waals surface area contributed by atoms with Gasteiger partial charge in [-0.1, -0.05) is 12.1 Å². The fraction of sp³-hybridized carbons (Fsp3) is 0.478. The molecule has 11 heteroatoms. The van der Waals surface area contributed by atoms with Gasteiger partial charge in [-0.15, -0.1) is 0 Å². The summed E-state index contributed by atoms with van der Waals surface area (Å²) in [4.78, 5) is 43.5. The van der Waals surface area contributed by atoms with Crippen LogP contribution in [0.2, 0.25) is 0 Å². The molecule has 0 aliphatic carbocycles. The van der Waals surface area contributed by atoms with Gasteiger partial charge in [0.2, 0.25) is 5.91 Å². The molecule has 34 heavy (non-hydrogen) atoms. The van der Waals surface area contributed by atoms with Crippen molar-refractivity contribution in [1.29, 1.82) is 0 Å². The van der Waals surface area contributed by atoms with Crippen LogP contribution in [-0.4, -0.2) is 93.6 Å². The van der Waals surface area contributed by atoms with Gasteiger partial charge in [0.05, 0.1) is 6.54 Å². The summed E-state index contributed by atoms with van der Waals surface area (Å²) >= 11 is 0. The van der Waals surface area contributed by atoms with Crippen LogP contribution in [0.4, 0.5) is 4.39 Å². The van der Waals surface area contributed by atoms with E-state index in [2.05, 4.69) is 10.4 Å². The highest BCUT2D eigenvalue weighted by Crippen LogP contribution is 2.29. The molecular formula is C23H29FN6O4. The third-order valence-corrected chi connectivity index (χ3v) is 6.30. The number of halogens is 1. The van der Waals surface area contributed by atoms with Crippen molar-refractivity contribution in [2.24, 2.45) is 0 Å². The first-order valence-electron chi connectivity index (χ1n) is 11.3. The SMILES string of the molecule is CN(C)C(=O)CN(C(=O)c1nn2c(c1O)C(=O)N(Cc1ccc(F)cc1)CC2)C1CCNCC1. The minimum absolute atomic E-state index is 0.0547. The molecule has 0 bridgehead atoms. The van der Waals surface area contributed by atoms with Gasteiger partial charge in [0.15, 0.2) is 17.1 Å². The van der Waals surface area contributed by atoms with Crippen LogP contribution in [0.15, 0.2) is 24.3 Å². The fourth-order valence-corrected chi connectivity index (χ4v) is 4.31. The van der Waals surface area contributed by atoms with Gasteiger partial charge in [-0.3, -0.25) is 19.1 Å². The number of hydrogen-bond donors (Lipinski definition) is 2. The third kappa shape index (κ3) is 4.74. The van der Waals surface area contributed by atoms with E-state index < -0.39 is 17.6 Å². The Hall–Kier alpha value is -3.47. The highest BCUT2D eigenvalue weighted by molar-refractivity contribution is 6.03. The fourth-order valence-electron chi connectivity index (χ4n) is 4.31. The molecule has 0 unspecified atom stereocenters. The highest BCUT2D eigenvalue weighted by atomic mass is 19.1. The average molecular weight is 473 g/mol. The summed E-state index contributed by atoms with van der Waals surface area (Å²) in [5, 5.41) is 18.4. The molecule has 1 saturated heterocycles. The van der Waals surface area contributed by atoms with E-state index in [1.165, 1.54) is 31.5 Å². The number of aromatic hydroxyl groups is 1. The monoisotopic (exact) mass is 472 g/mol. The van der Waals surface area contributed by atoms with Crippen LogP contribution in [0.25, 0.3) is 0 Å². The summed E-state index contributed by atoms with van der Waals surface area (Å²) < 4.78 is 14.6. The van der Waals surface area contributed by atoms with Crippen molar-refractivity contribution in [2.45, 2.75) is 32.0 Å². The van der Waals surface area contributed by atoms with Crippen molar-refractivity contribution >= 4 is 17.7 Å². The van der Waals surface area contributed by atoms with Crippen LogP contribution in [0.5, 0.6) is 5.75 Å². The Morgan fingerprint density at radius 2 is 1.85 bits per heavy atom. The standard InChI is InChI=1S/C23H29FN6O4/c1-27(2)18(31)14-29(17-7-9-25-10-8-17)22(33)19-21(32)20-23(34)28(11-12-30(20)26-19)13-15-3-5-16(24)6-4-15/h3-6,17,25,32H,7-14H2,1-2H3. The lowest BCUT2D eigenvalue weighted by Crippen LogP contribution is -2.50. The van der Waals surface area contributed by atoms with Crippen LogP contribution < -0.4 is 5.32 Å². The number of carbonyl (C=O) groups is 3. The third-order valence-electron chi connectivity index (χ3n) is 6.30. The van der Waals surface area contributed by atoms with Gasteiger partial charge in [0.25, 0.3) is 11.8 Å². The molecule has 0 saturated carbocycles. The molecule has 182 valence electrons. The number of nitrogens with zero attached hydrogens (tertiary/aromatic N) is 5. The second-order valence-corrected chi connectivity index (χ2v) is 8.82. The number of fused-ring (bicyclic) bond motifs is 1. The van der Waals surface area contributed by atoms with Crippen molar-refractivity contribution in [2.75, 3.05) is 40.3 Å². The van der Waals surface area contributed by atoms with E-state index in [-0.39, 0.29) is 42.2 Å². The van der Waals surface area contributed by atoms with Crippen molar-refractivity contribution < 1.29 is 23.9 Å². The van der Waals surface area contributed by atoms with Crippen LogP contribution in [0.1, 0.15) is 39.4 Å². The number of nitrogens with one attached hydrogen (secondary N) is 1. The minimum atomic E-state index is -0.570. The molecule has 3 heterocycles. The van der Waals surface area contributed by atoms with Crippen LogP contribution in [-0.2, 0) is 17.9 Å². The quantitative estimate of drug-likeness (QED) is 0.639. The van der Waals surface area contributed by atoms with Gasteiger partial charge in [-0.05, 0) is 43.6 Å². The molecule has 4 rings (SSSR count). The van der Waals surface area contributed by atoms with Crippen LogP contribution in [0, 0.1) is 5.82 Å². The molecule has 3 amide bonds. The predicted molar refractivity (Wildman–Crippen MR) is 121 cm³/mol. The highest BCUT2D eigenvalue weighted by Gasteiger charge is 2.37. The van der Waals surface area contributed by atoms with E-state index in [1.54, 1.807) is 26.2 Å². The molecule has 2 aromatic rings. The van der Waals surface area contributed by atoms with Gasteiger partial charge >= 0.3 is 0 Å². The Labute approximate surface area is 196 Å². The molecule has 1 aromatic carbocycles. The molecule has 0 atom stereocenters. The summed E-state index contributed by atoms with van der Waals surface area (Å²) in [5.74, 6) is -2.11. The molecule has 2 N–H and O–H groups in total. The lowest BCUT2D eigenvalue weighted by atomic mass is 10.0. The van der Waals surface area contributed by atoms with Crippen LogP contribution >= 0.6 is 0 Å². The first-order valence-corrected chi connectivity index (χ1v) is 11.3. The molecule has 0 radical (unpaired) electrons. The Balaban J connectivity index is 1.59. The molecule has 10 nitrogen and oxygen atoms in total. The largest absolute Gasteiger partial charge is 0.504 e. The van der Waals surface area contributed by atoms with Crippen molar-refractivity contribution in [3.63, 3.8) is 0 Å². The first kappa shape index (κ1) is 23.7. The summed E-state index contributed by atoms with van der Waals surface area (Å²) in [6.45, 7) is 2.16. The lowest BCUT2D eigenvalue weighted by Gasteiger charge is -2.34. The number of piperidine rings is 1. The van der Waals surface area contributed by atoms with Crippen molar-refractivity contribution in [3.05, 3.63) is 47.0 Å². The topological polar surface area (TPSA) is 111 Å². The van der Waals surface area contributed by atoms with Gasteiger partial charge in [-0.2, -0.15) is 5.10 Å². The predicted octanol–water partition coefficient (Wildman–Crippen LogP) is 0.666. The van der Waals surface area contributed by atoms with E-state index >= 15 is 0 Å². The smallest absolute Gasteiger partial charge is 0.278 e. The molecule has 0 spiro atoms. The molecule has 2 aliphatic heterocycles. The number of carbonyl (C=O) groups excluding carboxylic acids is 3. The van der Waals surface area contributed by atoms with E-state index in [9.17, 15) is 23.9 Å². The number of aromatic nitrogens is 2. The molecule has 1 fully saturated rings. The second-order valence-electron chi connectivity index (χ2n) is 8.82. The maximum absolute atomic E-state index is 13.5. The van der Waals surface area contributed by atoms with E-state index in [1.807, 2.05) is 0 Å². The molecule has 2 aliphatic rings. The zero-order valence-electron chi connectivity index (χ0n) is 19.3. The van der Waals surface area contributed by atoms with Crippen molar-refractivity contribution in [1.82, 2.24) is 29.8 Å². The summed E-state index contributed by atoms with van der Waals surface area (Å²) in [6.07, 6.45) is 1.34. The van der Waals surface area contributed by atoms with E-state index in [4.69, 9.17) is 0 Å². The first-order chi connectivity index (χ1) is 16.3. The summed E-state index contributed by atoms with van der Waals surface area (Å²) in [7, 11) is 3.24. The Bertz CT molecular complexity index is 1080. The van der Waals surface area contributed by atoms with Gasteiger partial charge in [0.1, 0.15) is 12.4 Å². The number of hydrogen-bond acceptors (Lipinski definition) is 6. The maximum Gasteiger partial charge on any atom is 0.278 e. The number of likely N-dealkylation sites (N-methyl/N-ethyl adjacent to an activating group) is 1. The molecular weight excluding hydrogens is 443 g/mol. The van der Waals surface area contributed by atoms with Gasteiger partial charge in [0, 0.05) is 33.2 Å². The Morgan fingerprint density at radius 1 is 1.18 bits per heavy atom. The summed E-state index contributed by atoms with van der Waals surface area (Å²) in [5.41, 5.74) is 0.468. The van der Waals surface area contributed by atoms with Gasteiger partial charge < -0.3 is 25.1 Å². The Morgan fingerprint density at radius 3 is 2.50 bits per heavy atom. The van der Waals surface area contributed by atoms with Gasteiger partial charge in [-0.25, -0.2) is 4.39 Å². The normalized spacial score (nSPS) is 16.3. The van der Waals surface area contributed by atoms with E-state index in [0.29, 0.717) is 39.0 Å². The summed E-state index contributed by atoms with van der Waals surface area (Å²) in [6, 6.07) is 5.67. The molecule has 1 aromatic heterocycles. The zero-order valence-corrected chi connectivity index (χ0v) is 19.3. The second kappa shape index (κ2) is 9.80. The maximum atomic E-state index is 13.5. The average Bonchev–Trinajstić information content (AvgIpc) is 3.17. The number of amides is 3. The minimum Gasteiger partial charge on any atom is -0.504 e. The lowest BCUT2D eigenvalue weighted by molar-refractivity contribution is -0.130. The number of benzene rings is 1. The zero-order chi connectivity index (χ0) is 24.4. The van der Waals surface area contributed by atoms with E-state index in [0.717, 1.165) is 5.56 Å². The Kier molecular flexibility index (Phi) is 6.82. The number of rotatable bonds is 6.